The lowest BCUT2D eigenvalue weighted by Crippen LogP contribution is -2.19. The summed E-state index contributed by atoms with van der Waals surface area (Å²) in [6.07, 6.45) is 7.18. The Morgan fingerprint density at radius 2 is 2.05 bits per heavy atom. The van der Waals surface area contributed by atoms with Gasteiger partial charge in [0, 0.05) is 25.0 Å². The van der Waals surface area contributed by atoms with Crippen molar-refractivity contribution in [2.75, 3.05) is 25.7 Å². The first-order valence-electron chi connectivity index (χ1n) is 5.66. The van der Waals surface area contributed by atoms with E-state index in [1.807, 2.05) is 41.5 Å². The maximum absolute atomic E-state index is 7.20. The predicted octanol–water partition coefficient (Wildman–Crippen LogP) is 3.04. The third kappa shape index (κ3) is 3.29. The van der Waals surface area contributed by atoms with Crippen LogP contribution in [0.1, 0.15) is 0 Å². The quantitative estimate of drug-likeness (QED) is 0.862. The van der Waals surface area contributed by atoms with Gasteiger partial charge in [0.1, 0.15) is 11.5 Å². The molecule has 4 nitrogen and oxygen atoms in total. The first-order valence-corrected chi connectivity index (χ1v) is 5.66. The molecule has 0 saturated carbocycles. The fourth-order valence-corrected chi connectivity index (χ4v) is 1.82. The Kier molecular flexibility index (Phi) is 5.45. The van der Waals surface area contributed by atoms with Crippen LogP contribution in [0.25, 0.3) is 0 Å². The van der Waals surface area contributed by atoms with Crippen molar-refractivity contribution in [3.8, 4) is 11.5 Å². The van der Waals surface area contributed by atoms with Crippen LogP contribution in [0.4, 0.5) is 5.69 Å². The molecule has 102 valence electrons. The van der Waals surface area contributed by atoms with Gasteiger partial charge in [-0.1, -0.05) is 6.08 Å². The zero-order valence-corrected chi connectivity index (χ0v) is 11.7. The van der Waals surface area contributed by atoms with Crippen LogP contribution in [0.3, 0.4) is 0 Å². The summed E-state index contributed by atoms with van der Waals surface area (Å²) in [7, 11) is 3.29. The number of hydrogen-bond donors (Lipinski definition) is 1. The maximum Gasteiger partial charge on any atom is 0.142 e. The number of halogens is 1. The predicted molar refractivity (Wildman–Crippen MR) is 80.1 cm³/mol. The van der Waals surface area contributed by atoms with E-state index in [9.17, 15) is 0 Å². The highest BCUT2D eigenvalue weighted by atomic mass is 35.5. The number of nitrogens with zero attached hydrogens (tertiary/aromatic N) is 1. The smallest absolute Gasteiger partial charge is 0.142 e. The Hall–Kier alpha value is -1.94. The molecule has 0 spiro atoms. The molecule has 1 aliphatic heterocycles. The summed E-state index contributed by atoms with van der Waals surface area (Å²) in [4.78, 5) is 2.05. The molecule has 0 fully saturated rings. The monoisotopic (exact) mass is 280 g/mol. The third-order valence-electron chi connectivity index (χ3n) is 2.83. The molecule has 0 radical (unpaired) electrons. The van der Waals surface area contributed by atoms with Gasteiger partial charge in [-0.05, 0) is 23.8 Å². The summed E-state index contributed by atoms with van der Waals surface area (Å²) >= 11 is 0. The van der Waals surface area contributed by atoms with Crippen LogP contribution in [0.5, 0.6) is 11.5 Å². The molecule has 1 aliphatic rings. The third-order valence-corrected chi connectivity index (χ3v) is 2.83. The van der Waals surface area contributed by atoms with Gasteiger partial charge in [-0.15, -0.1) is 12.4 Å². The Morgan fingerprint density at radius 3 is 2.58 bits per heavy atom. The van der Waals surface area contributed by atoms with Gasteiger partial charge >= 0.3 is 0 Å². The molecular weight excluding hydrogens is 264 g/mol. The van der Waals surface area contributed by atoms with E-state index in [0.717, 1.165) is 22.8 Å². The molecule has 19 heavy (non-hydrogen) atoms. The van der Waals surface area contributed by atoms with Crippen molar-refractivity contribution in [1.29, 1.82) is 5.41 Å². The summed E-state index contributed by atoms with van der Waals surface area (Å²) in [6, 6.07) is 5.69. The molecule has 2 rings (SSSR count). The van der Waals surface area contributed by atoms with Gasteiger partial charge in [0.2, 0.25) is 0 Å². The number of hydrogen-bond acceptors (Lipinski definition) is 4. The number of benzene rings is 1. The van der Waals surface area contributed by atoms with E-state index in [1.54, 1.807) is 14.2 Å². The van der Waals surface area contributed by atoms with Gasteiger partial charge in [-0.2, -0.15) is 0 Å². The summed E-state index contributed by atoms with van der Waals surface area (Å²) in [6.45, 7) is 0.713. The maximum atomic E-state index is 7.20. The summed E-state index contributed by atoms with van der Waals surface area (Å²) in [5, 5.41) is 7.20. The first kappa shape index (κ1) is 15.1. The van der Waals surface area contributed by atoms with Crippen molar-refractivity contribution in [2.24, 2.45) is 0 Å². The summed E-state index contributed by atoms with van der Waals surface area (Å²) in [5.41, 5.74) is 1.86. The molecule has 0 aromatic heterocycles. The SMILES string of the molecule is COc1ccc(OC)c(N2C=CC(C=N)=CC2)c1.Cl. The number of nitrogens with one attached hydrogen (secondary N) is 1. The highest BCUT2D eigenvalue weighted by molar-refractivity contribution is 5.85. The van der Waals surface area contributed by atoms with Crippen LogP contribution in [0.15, 0.2) is 42.1 Å². The second-order valence-corrected chi connectivity index (χ2v) is 3.85. The molecule has 0 saturated heterocycles. The standard InChI is InChI=1S/C14H16N2O2.ClH/c1-17-12-3-4-14(18-2)13(9-12)16-7-5-11(10-15)6-8-16;/h3-7,9-10,15H,8H2,1-2H3;1H. The van der Waals surface area contributed by atoms with Gasteiger partial charge < -0.3 is 19.8 Å². The molecule has 0 amide bonds. The lowest BCUT2D eigenvalue weighted by Gasteiger charge is -2.24. The van der Waals surface area contributed by atoms with E-state index >= 15 is 0 Å². The Balaban J connectivity index is 0.00000180. The van der Waals surface area contributed by atoms with E-state index < -0.39 is 0 Å². The Morgan fingerprint density at radius 1 is 1.26 bits per heavy atom. The van der Waals surface area contributed by atoms with Crippen molar-refractivity contribution >= 4 is 24.3 Å². The second-order valence-electron chi connectivity index (χ2n) is 3.85. The largest absolute Gasteiger partial charge is 0.497 e. The average molecular weight is 281 g/mol. The summed E-state index contributed by atoms with van der Waals surface area (Å²) in [5.74, 6) is 1.59. The normalized spacial score (nSPS) is 13.4. The molecule has 1 heterocycles. The molecule has 1 aromatic carbocycles. The van der Waals surface area contributed by atoms with E-state index in [0.29, 0.717) is 6.54 Å². The molecule has 0 atom stereocenters. The Labute approximate surface area is 119 Å². The number of rotatable bonds is 4. The minimum atomic E-state index is 0. The number of anilines is 1. The number of methoxy groups -OCH3 is 2. The van der Waals surface area contributed by atoms with Crippen molar-refractivity contribution in [3.63, 3.8) is 0 Å². The highest BCUT2D eigenvalue weighted by Crippen LogP contribution is 2.33. The molecule has 0 bridgehead atoms. The van der Waals surface area contributed by atoms with E-state index in [4.69, 9.17) is 14.9 Å². The highest BCUT2D eigenvalue weighted by Gasteiger charge is 2.12. The average Bonchev–Trinajstić information content (AvgIpc) is 2.46. The lowest BCUT2D eigenvalue weighted by molar-refractivity contribution is 0.403. The van der Waals surface area contributed by atoms with E-state index in [2.05, 4.69) is 0 Å². The van der Waals surface area contributed by atoms with E-state index in [-0.39, 0.29) is 12.4 Å². The van der Waals surface area contributed by atoms with E-state index in [1.165, 1.54) is 6.21 Å². The van der Waals surface area contributed by atoms with Gasteiger partial charge in [-0.3, -0.25) is 0 Å². The number of ether oxygens (including phenoxy) is 2. The molecular formula is C14H17ClN2O2. The van der Waals surface area contributed by atoms with Gasteiger partial charge in [-0.25, -0.2) is 0 Å². The minimum Gasteiger partial charge on any atom is -0.497 e. The Bertz CT molecular complexity index is 512. The van der Waals surface area contributed by atoms with Gasteiger partial charge in [0.25, 0.3) is 0 Å². The van der Waals surface area contributed by atoms with Crippen LogP contribution in [0, 0.1) is 5.41 Å². The van der Waals surface area contributed by atoms with Crippen molar-refractivity contribution in [2.45, 2.75) is 0 Å². The first-order chi connectivity index (χ1) is 8.78. The zero-order chi connectivity index (χ0) is 13.0. The van der Waals surface area contributed by atoms with Crippen LogP contribution in [-0.4, -0.2) is 27.0 Å². The molecule has 0 aliphatic carbocycles. The molecule has 1 N–H and O–H groups in total. The topological polar surface area (TPSA) is 45.6 Å². The van der Waals surface area contributed by atoms with Crippen LogP contribution >= 0.6 is 12.4 Å². The van der Waals surface area contributed by atoms with Gasteiger partial charge in [0.15, 0.2) is 0 Å². The number of allylic oxidation sites excluding steroid dienone is 2. The van der Waals surface area contributed by atoms with Crippen LogP contribution in [0.2, 0.25) is 0 Å². The fraction of sp³-hybridized carbons (Fsp3) is 0.214. The molecule has 0 unspecified atom stereocenters. The van der Waals surface area contributed by atoms with Crippen LogP contribution in [-0.2, 0) is 0 Å². The summed E-state index contributed by atoms with van der Waals surface area (Å²) < 4.78 is 10.6. The lowest BCUT2D eigenvalue weighted by atomic mass is 10.2. The van der Waals surface area contributed by atoms with Crippen molar-refractivity contribution in [3.05, 3.63) is 42.1 Å². The van der Waals surface area contributed by atoms with Crippen LogP contribution < -0.4 is 14.4 Å². The minimum absolute atomic E-state index is 0. The zero-order valence-electron chi connectivity index (χ0n) is 10.9. The van der Waals surface area contributed by atoms with Crippen molar-refractivity contribution in [1.82, 2.24) is 0 Å². The molecule has 5 heteroatoms. The second kappa shape index (κ2) is 6.85. The fourth-order valence-electron chi connectivity index (χ4n) is 1.82. The van der Waals surface area contributed by atoms with Gasteiger partial charge in [0.05, 0.1) is 19.9 Å². The van der Waals surface area contributed by atoms with Crippen molar-refractivity contribution < 1.29 is 9.47 Å². The molecule has 1 aromatic rings.